The van der Waals surface area contributed by atoms with Gasteiger partial charge in [-0.05, 0) is 64.8 Å². The van der Waals surface area contributed by atoms with Crippen molar-refractivity contribution < 1.29 is 5.11 Å². The SMILES string of the molecule is CN(/C(N)=C/C=C(\N)c1cc2cccnc2cc1O)C1CC(C)(C)NC(C)(C)C1. The van der Waals surface area contributed by atoms with E-state index in [0.29, 0.717) is 23.1 Å². The molecule has 6 heteroatoms. The molecule has 0 amide bonds. The third-order valence-electron chi connectivity index (χ3n) is 5.59. The van der Waals surface area contributed by atoms with Crippen LogP contribution < -0.4 is 16.8 Å². The van der Waals surface area contributed by atoms with Crippen molar-refractivity contribution in [1.29, 1.82) is 0 Å². The molecule has 0 aliphatic carbocycles. The molecule has 0 saturated carbocycles. The standard InChI is InChI=1S/C23H33N5O/c1-22(2)13-16(14-23(3,4)27-22)28(5)21(25)9-8-18(24)17-11-15-7-6-10-26-19(15)12-20(17)29/h6-12,16,27,29H,13-14,24-25H2,1-5H3/b18-8-,21-9+. The third-order valence-corrected chi connectivity index (χ3v) is 5.59. The molecule has 0 bridgehead atoms. The number of nitrogens with two attached hydrogens (primary N) is 2. The van der Waals surface area contributed by atoms with E-state index in [1.807, 2.05) is 31.3 Å². The molecule has 0 unspecified atom stereocenters. The molecule has 1 fully saturated rings. The van der Waals surface area contributed by atoms with Crippen molar-refractivity contribution in [1.82, 2.24) is 15.2 Å². The summed E-state index contributed by atoms with van der Waals surface area (Å²) in [6.45, 7) is 8.90. The molecule has 1 aliphatic rings. The van der Waals surface area contributed by atoms with Gasteiger partial charge in [0, 0.05) is 53.1 Å². The quantitative estimate of drug-likeness (QED) is 0.593. The van der Waals surface area contributed by atoms with Crippen molar-refractivity contribution in [2.24, 2.45) is 11.5 Å². The molecule has 29 heavy (non-hydrogen) atoms. The molecule has 2 heterocycles. The van der Waals surface area contributed by atoms with Crippen molar-refractivity contribution in [3.8, 4) is 5.75 Å². The van der Waals surface area contributed by atoms with Crippen molar-refractivity contribution in [2.75, 3.05) is 7.05 Å². The van der Waals surface area contributed by atoms with Gasteiger partial charge >= 0.3 is 0 Å². The summed E-state index contributed by atoms with van der Waals surface area (Å²) in [5, 5.41) is 15.0. The first-order valence-electron chi connectivity index (χ1n) is 10.0. The van der Waals surface area contributed by atoms with Crippen LogP contribution in [0.25, 0.3) is 16.6 Å². The average Bonchev–Trinajstić information content (AvgIpc) is 2.62. The zero-order chi connectivity index (χ0) is 21.4. The summed E-state index contributed by atoms with van der Waals surface area (Å²) in [6, 6.07) is 7.60. The van der Waals surface area contributed by atoms with Crippen LogP contribution >= 0.6 is 0 Å². The fourth-order valence-electron chi connectivity index (χ4n) is 4.48. The first-order valence-corrected chi connectivity index (χ1v) is 10.0. The van der Waals surface area contributed by atoms with Gasteiger partial charge in [-0.3, -0.25) is 4.98 Å². The van der Waals surface area contributed by atoms with Crippen LogP contribution in [0.15, 0.2) is 48.4 Å². The number of aromatic hydroxyl groups is 1. The number of aromatic nitrogens is 1. The summed E-state index contributed by atoms with van der Waals surface area (Å²) in [5.41, 5.74) is 14.5. The van der Waals surface area contributed by atoms with Crippen molar-refractivity contribution >= 4 is 16.6 Å². The lowest BCUT2D eigenvalue weighted by atomic mass is 9.79. The van der Waals surface area contributed by atoms with Crippen LogP contribution in [0.3, 0.4) is 0 Å². The Hall–Kier alpha value is -2.73. The Bertz CT molecular complexity index is 945. The molecule has 1 aliphatic heterocycles. The van der Waals surface area contributed by atoms with Crippen LogP contribution in [0.5, 0.6) is 5.75 Å². The number of nitrogens with one attached hydrogen (secondary N) is 1. The summed E-state index contributed by atoms with van der Waals surface area (Å²) >= 11 is 0. The summed E-state index contributed by atoms with van der Waals surface area (Å²) in [6.07, 6.45) is 7.26. The molecule has 1 saturated heterocycles. The molecule has 1 aromatic carbocycles. The van der Waals surface area contributed by atoms with Gasteiger partial charge in [0.05, 0.1) is 11.3 Å². The molecular formula is C23H33N5O. The number of benzene rings is 1. The number of phenols is 1. The Balaban J connectivity index is 1.82. The summed E-state index contributed by atoms with van der Waals surface area (Å²) in [7, 11) is 2.02. The maximum Gasteiger partial charge on any atom is 0.127 e. The second-order valence-electron chi connectivity index (χ2n) is 9.34. The minimum Gasteiger partial charge on any atom is -0.507 e. The fraction of sp³-hybridized carbons (Fsp3) is 0.435. The predicted octanol–water partition coefficient (Wildman–Crippen LogP) is 3.28. The Morgan fingerprint density at radius 3 is 2.48 bits per heavy atom. The number of nitrogens with zero attached hydrogens (tertiary/aromatic N) is 2. The second-order valence-corrected chi connectivity index (χ2v) is 9.34. The molecule has 0 spiro atoms. The first-order chi connectivity index (χ1) is 13.5. The monoisotopic (exact) mass is 395 g/mol. The van der Waals surface area contributed by atoms with E-state index in [1.54, 1.807) is 18.3 Å². The smallest absolute Gasteiger partial charge is 0.127 e. The number of allylic oxidation sites excluding steroid dienone is 2. The van der Waals surface area contributed by atoms with Gasteiger partial charge in [-0.15, -0.1) is 0 Å². The number of rotatable bonds is 4. The van der Waals surface area contributed by atoms with Crippen LogP contribution in [-0.4, -0.2) is 39.2 Å². The number of fused-ring (bicyclic) bond motifs is 1. The van der Waals surface area contributed by atoms with Gasteiger partial charge in [-0.2, -0.15) is 0 Å². The minimum atomic E-state index is 0.0424. The zero-order valence-electron chi connectivity index (χ0n) is 18.0. The van der Waals surface area contributed by atoms with Gasteiger partial charge in [-0.25, -0.2) is 0 Å². The summed E-state index contributed by atoms with van der Waals surface area (Å²) < 4.78 is 0. The van der Waals surface area contributed by atoms with E-state index in [4.69, 9.17) is 11.5 Å². The first kappa shape index (κ1) is 21.0. The normalized spacial score (nSPS) is 20.0. The minimum absolute atomic E-state index is 0.0424. The fourth-order valence-corrected chi connectivity index (χ4v) is 4.48. The molecule has 0 atom stereocenters. The van der Waals surface area contributed by atoms with E-state index in [0.717, 1.165) is 23.7 Å². The summed E-state index contributed by atoms with van der Waals surface area (Å²) in [4.78, 5) is 6.37. The molecule has 1 aromatic heterocycles. The molecular weight excluding hydrogens is 362 g/mol. The van der Waals surface area contributed by atoms with E-state index in [1.165, 1.54) is 0 Å². The molecule has 156 valence electrons. The Morgan fingerprint density at radius 1 is 1.17 bits per heavy atom. The second kappa shape index (κ2) is 7.59. The lowest BCUT2D eigenvalue weighted by Crippen LogP contribution is -2.61. The van der Waals surface area contributed by atoms with Crippen LogP contribution in [0.4, 0.5) is 0 Å². The van der Waals surface area contributed by atoms with Crippen LogP contribution in [0.1, 0.15) is 46.1 Å². The maximum atomic E-state index is 10.3. The lowest BCUT2D eigenvalue weighted by Gasteiger charge is -2.49. The number of hydrogen-bond donors (Lipinski definition) is 4. The van der Waals surface area contributed by atoms with E-state index in [9.17, 15) is 5.11 Å². The van der Waals surface area contributed by atoms with Gasteiger partial charge in [-0.1, -0.05) is 6.07 Å². The lowest BCUT2D eigenvalue weighted by molar-refractivity contribution is 0.0981. The average molecular weight is 396 g/mol. The van der Waals surface area contributed by atoms with Crippen LogP contribution in [0.2, 0.25) is 0 Å². The Morgan fingerprint density at radius 2 is 1.83 bits per heavy atom. The number of pyridine rings is 1. The van der Waals surface area contributed by atoms with E-state index >= 15 is 0 Å². The maximum absolute atomic E-state index is 10.3. The highest BCUT2D eigenvalue weighted by Gasteiger charge is 2.39. The topological polar surface area (TPSA) is 100 Å². The van der Waals surface area contributed by atoms with Crippen LogP contribution in [-0.2, 0) is 0 Å². The van der Waals surface area contributed by atoms with E-state index in [2.05, 4.69) is 42.9 Å². The number of phenolic OH excluding ortho intramolecular Hbond substituents is 1. The molecule has 3 rings (SSSR count). The molecule has 2 aromatic rings. The highest BCUT2D eigenvalue weighted by molar-refractivity contribution is 5.86. The molecule has 0 radical (unpaired) electrons. The van der Waals surface area contributed by atoms with Gasteiger partial charge in [0.15, 0.2) is 0 Å². The highest BCUT2D eigenvalue weighted by atomic mass is 16.3. The zero-order valence-corrected chi connectivity index (χ0v) is 18.0. The van der Waals surface area contributed by atoms with Crippen molar-refractivity contribution in [3.05, 3.63) is 54.0 Å². The Kier molecular flexibility index (Phi) is 5.50. The summed E-state index contributed by atoms with van der Waals surface area (Å²) in [5.74, 6) is 0.750. The Labute approximate surface area is 173 Å². The van der Waals surface area contributed by atoms with Crippen molar-refractivity contribution in [2.45, 2.75) is 57.7 Å². The number of piperidine rings is 1. The van der Waals surface area contributed by atoms with Crippen LogP contribution in [0, 0.1) is 0 Å². The highest BCUT2D eigenvalue weighted by Crippen LogP contribution is 2.32. The van der Waals surface area contributed by atoms with Gasteiger partial charge in [0.1, 0.15) is 5.75 Å². The number of hydrogen-bond acceptors (Lipinski definition) is 6. The van der Waals surface area contributed by atoms with Gasteiger partial charge in [0.25, 0.3) is 0 Å². The largest absolute Gasteiger partial charge is 0.507 e. The van der Waals surface area contributed by atoms with Gasteiger partial charge < -0.3 is 26.8 Å². The molecule has 6 N–H and O–H groups in total. The van der Waals surface area contributed by atoms with E-state index < -0.39 is 0 Å². The van der Waals surface area contributed by atoms with Gasteiger partial charge in [0.2, 0.25) is 0 Å². The van der Waals surface area contributed by atoms with E-state index in [-0.39, 0.29) is 16.8 Å². The van der Waals surface area contributed by atoms with Crippen molar-refractivity contribution in [3.63, 3.8) is 0 Å². The molecule has 6 nitrogen and oxygen atoms in total. The predicted molar refractivity (Wildman–Crippen MR) is 120 cm³/mol. The third kappa shape index (κ3) is 4.82.